The minimum absolute atomic E-state index is 0.0417. The van der Waals surface area contributed by atoms with Gasteiger partial charge in [0.05, 0.1) is 36.4 Å². The van der Waals surface area contributed by atoms with Crippen molar-refractivity contribution in [3.63, 3.8) is 0 Å². The maximum Gasteiger partial charge on any atom is 0.309 e. The first-order valence-electron chi connectivity index (χ1n) is 17.5. The summed E-state index contributed by atoms with van der Waals surface area (Å²) in [5.74, 6) is -1.35. The lowest BCUT2D eigenvalue weighted by molar-refractivity contribution is -0.157. The van der Waals surface area contributed by atoms with Crippen molar-refractivity contribution in [1.82, 2.24) is 5.32 Å². The Morgan fingerprint density at radius 3 is 2.49 bits per heavy atom. The van der Waals surface area contributed by atoms with Crippen LogP contribution in [0.25, 0.3) is 0 Å². The summed E-state index contributed by atoms with van der Waals surface area (Å²) in [5, 5.41) is 37.0. The van der Waals surface area contributed by atoms with E-state index in [0.717, 1.165) is 12.0 Å². The third-order valence-electron chi connectivity index (χ3n) is 9.83. The number of benzene rings is 1. The van der Waals surface area contributed by atoms with E-state index in [-0.39, 0.29) is 49.4 Å². The van der Waals surface area contributed by atoms with Crippen molar-refractivity contribution in [2.75, 3.05) is 7.11 Å². The topological polar surface area (TPSA) is 147 Å². The van der Waals surface area contributed by atoms with Gasteiger partial charge in [-0.2, -0.15) is 0 Å². The number of nitrogens with one attached hydrogen (secondary N) is 1. The lowest BCUT2D eigenvalue weighted by atomic mass is 9.87. The number of cyclic esters (lactones) is 1. The van der Waals surface area contributed by atoms with Crippen LogP contribution in [0.5, 0.6) is 0 Å². The first-order chi connectivity index (χ1) is 23.0. The Labute approximate surface area is 292 Å². The molecule has 2 unspecified atom stereocenters. The first-order valence-corrected chi connectivity index (χ1v) is 17.5. The summed E-state index contributed by atoms with van der Waals surface area (Å²) < 4.78 is 23.2. The molecule has 0 amide bonds. The molecule has 2 heterocycles. The first kappa shape index (κ1) is 40.6. The third kappa shape index (κ3) is 11.9. The van der Waals surface area contributed by atoms with Gasteiger partial charge in [0.25, 0.3) is 0 Å². The number of esters is 2. The lowest BCUT2D eigenvalue weighted by Gasteiger charge is -2.32. The summed E-state index contributed by atoms with van der Waals surface area (Å²) in [6, 6.07) is 7.82. The van der Waals surface area contributed by atoms with Gasteiger partial charge in [-0.25, -0.2) is 0 Å². The van der Waals surface area contributed by atoms with Crippen molar-refractivity contribution in [2.24, 2.45) is 11.8 Å². The van der Waals surface area contributed by atoms with E-state index in [1.54, 1.807) is 51.3 Å². The van der Waals surface area contributed by atoms with Crippen LogP contribution in [0.2, 0.25) is 0 Å². The molecule has 1 aromatic carbocycles. The molecule has 3 rings (SSSR count). The monoisotopic (exact) mass is 685 g/mol. The fourth-order valence-corrected chi connectivity index (χ4v) is 6.60. The van der Waals surface area contributed by atoms with Gasteiger partial charge in [-0.1, -0.05) is 74.9 Å². The Morgan fingerprint density at radius 1 is 1.20 bits per heavy atom. The smallest absolute Gasteiger partial charge is 0.309 e. The number of methoxy groups -OCH3 is 1. The average molecular weight is 686 g/mol. The normalized spacial score (nSPS) is 32.2. The van der Waals surface area contributed by atoms with Crippen molar-refractivity contribution in [2.45, 2.75) is 141 Å². The van der Waals surface area contributed by atoms with Gasteiger partial charge < -0.3 is 39.6 Å². The van der Waals surface area contributed by atoms with Gasteiger partial charge in [0.2, 0.25) is 0 Å². The largest absolute Gasteiger partial charge is 0.457 e. The minimum atomic E-state index is -1.45. The Hall–Kier alpha value is -2.86. The van der Waals surface area contributed by atoms with Crippen LogP contribution < -0.4 is 5.32 Å². The van der Waals surface area contributed by atoms with E-state index >= 15 is 0 Å². The second-order valence-corrected chi connectivity index (χ2v) is 14.4. The Balaban J connectivity index is 1.87. The van der Waals surface area contributed by atoms with E-state index < -0.39 is 47.5 Å². The number of aliphatic hydroxyl groups excluding tert-OH is 1. The Bertz CT molecular complexity index is 1310. The van der Waals surface area contributed by atoms with Crippen LogP contribution in [0, 0.1) is 18.8 Å². The number of allylic oxidation sites excluding steroid dienone is 2. The summed E-state index contributed by atoms with van der Waals surface area (Å²) in [6.45, 7) is 15.0. The van der Waals surface area contributed by atoms with Crippen LogP contribution in [-0.2, 0) is 35.1 Å². The summed E-state index contributed by atoms with van der Waals surface area (Å²) >= 11 is 0. The van der Waals surface area contributed by atoms with E-state index in [1.807, 2.05) is 20.8 Å². The van der Waals surface area contributed by atoms with Crippen molar-refractivity contribution < 1.29 is 43.9 Å². The standard InChI is InChI=1S/C39H59NO9/c1-10-31(46-9)27(5)35-36(49-35)37(40-23-29-16-13-24(2)14-17-29)39(8,45)20-11-12-25(3)34-26(4)15-18-32(47-28(6)41)38(7,44)21-19-30(42)22-33(43)48-34/h11-18,20,26-27,30-32,34-37,40,42,44-45H,10,19,21-23H2,1-9H3/b18-15+,20-11+,25-12+/t26-,27+,30+,31-,32-,34-,35+,36-,37?,38+,39?/m0/s1. The number of carbonyl (C=O) groups excluding carboxylic acids is 2. The van der Waals surface area contributed by atoms with Gasteiger partial charge in [0.15, 0.2) is 0 Å². The number of ether oxygens (including phenoxy) is 4. The van der Waals surface area contributed by atoms with Crippen LogP contribution in [-0.4, -0.2) is 88.2 Å². The Kier molecular flexibility index (Phi) is 14.8. The second kappa shape index (κ2) is 17.9. The average Bonchev–Trinajstić information content (AvgIpc) is 3.81. The van der Waals surface area contributed by atoms with E-state index in [1.165, 1.54) is 12.5 Å². The molecule has 1 saturated heterocycles. The molecule has 1 aromatic rings. The maximum absolute atomic E-state index is 12.9. The number of aliphatic hydroxyl groups is 3. The van der Waals surface area contributed by atoms with Crippen LogP contribution in [0.1, 0.15) is 85.3 Å². The number of epoxide rings is 1. The molecule has 10 heteroatoms. The molecule has 0 saturated carbocycles. The van der Waals surface area contributed by atoms with Crippen molar-refractivity contribution in [3.8, 4) is 0 Å². The number of aryl methyl sites for hydroxylation is 1. The SMILES string of the molecule is CC[C@H](OC)[C@@H](C)[C@H]1O[C@@H]1C(NCc1ccc(C)cc1)C(C)(O)/C=C/C=C(\C)[C@@H]1OC(=O)C[C@H](O)CC[C@@](C)(O)[C@@H](OC(C)=O)/C=C/[C@@H]1C. The zero-order chi connectivity index (χ0) is 36.5. The number of hydrogen-bond acceptors (Lipinski definition) is 10. The molecule has 274 valence electrons. The predicted octanol–water partition coefficient (Wildman–Crippen LogP) is 4.87. The molecule has 10 nitrogen and oxygen atoms in total. The quantitative estimate of drug-likeness (QED) is 0.0982. The zero-order valence-corrected chi connectivity index (χ0v) is 30.7. The summed E-state index contributed by atoms with van der Waals surface area (Å²) in [4.78, 5) is 24.7. The summed E-state index contributed by atoms with van der Waals surface area (Å²) in [5.41, 5.74) is 0.189. The van der Waals surface area contributed by atoms with Crippen molar-refractivity contribution in [1.29, 1.82) is 0 Å². The summed E-state index contributed by atoms with van der Waals surface area (Å²) in [7, 11) is 1.71. The molecular formula is C39H59NO9. The molecular weight excluding hydrogens is 626 g/mol. The molecule has 0 aromatic heterocycles. The van der Waals surface area contributed by atoms with Crippen LogP contribution in [0.15, 0.2) is 60.2 Å². The molecule has 11 atom stereocenters. The molecule has 2 aliphatic rings. The highest BCUT2D eigenvalue weighted by Crippen LogP contribution is 2.39. The van der Waals surface area contributed by atoms with Gasteiger partial charge >= 0.3 is 11.9 Å². The van der Waals surface area contributed by atoms with Crippen LogP contribution in [0.3, 0.4) is 0 Å². The molecule has 49 heavy (non-hydrogen) atoms. The summed E-state index contributed by atoms with van der Waals surface area (Å²) in [6.07, 6.45) is 6.50. The number of rotatable bonds is 13. The maximum atomic E-state index is 12.9. The lowest BCUT2D eigenvalue weighted by Crippen LogP contribution is -2.52. The third-order valence-corrected chi connectivity index (χ3v) is 9.83. The van der Waals surface area contributed by atoms with Crippen LogP contribution in [0.4, 0.5) is 0 Å². The molecule has 4 N–H and O–H groups in total. The molecule has 2 aliphatic heterocycles. The molecule has 0 bridgehead atoms. The highest BCUT2D eigenvalue weighted by Gasteiger charge is 2.54. The molecule has 0 aliphatic carbocycles. The van der Waals surface area contributed by atoms with Crippen molar-refractivity contribution in [3.05, 3.63) is 71.3 Å². The van der Waals surface area contributed by atoms with Crippen molar-refractivity contribution >= 4 is 11.9 Å². The Morgan fingerprint density at radius 2 is 1.88 bits per heavy atom. The fraction of sp³-hybridized carbons (Fsp3) is 0.641. The highest BCUT2D eigenvalue weighted by molar-refractivity contribution is 5.70. The van der Waals surface area contributed by atoms with E-state index in [0.29, 0.717) is 12.1 Å². The van der Waals surface area contributed by atoms with E-state index in [4.69, 9.17) is 18.9 Å². The molecule has 1 fully saturated rings. The fourth-order valence-electron chi connectivity index (χ4n) is 6.60. The highest BCUT2D eigenvalue weighted by atomic mass is 16.6. The molecule has 0 spiro atoms. The van der Waals surface area contributed by atoms with E-state index in [2.05, 4.69) is 43.4 Å². The van der Waals surface area contributed by atoms with Gasteiger partial charge in [-0.05, 0) is 64.2 Å². The van der Waals surface area contributed by atoms with Gasteiger partial charge in [0.1, 0.15) is 23.9 Å². The van der Waals surface area contributed by atoms with E-state index in [9.17, 15) is 24.9 Å². The van der Waals surface area contributed by atoms with Gasteiger partial charge in [0, 0.05) is 32.4 Å². The number of carbonyl (C=O) groups is 2. The second-order valence-electron chi connectivity index (χ2n) is 14.4. The molecule has 0 radical (unpaired) electrons. The zero-order valence-electron chi connectivity index (χ0n) is 30.7. The minimum Gasteiger partial charge on any atom is -0.457 e. The predicted molar refractivity (Wildman–Crippen MR) is 188 cm³/mol. The van der Waals surface area contributed by atoms with Gasteiger partial charge in [-0.15, -0.1) is 0 Å². The van der Waals surface area contributed by atoms with Gasteiger partial charge in [-0.3, -0.25) is 9.59 Å². The number of hydrogen-bond donors (Lipinski definition) is 4. The van der Waals surface area contributed by atoms with Crippen LogP contribution >= 0.6 is 0 Å².